The van der Waals surface area contributed by atoms with Gasteiger partial charge in [-0.15, -0.1) is 0 Å². The average molecular weight is 341 g/mol. The summed E-state index contributed by atoms with van der Waals surface area (Å²) in [5.74, 6) is 0.355. The highest BCUT2D eigenvalue weighted by atomic mass is 16.4. The topological polar surface area (TPSA) is 82.5 Å². The fourth-order valence-electron chi connectivity index (χ4n) is 3.15. The summed E-state index contributed by atoms with van der Waals surface area (Å²) >= 11 is 0. The summed E-state index contributed by atoms with van der Waals surface area (Å²) < 4.78 is 0. The van der Waals surface area contributed by atoms with Crippen LogP contribution in [0.25, 0.3) is 0 Å². The Morgan fingerprint density at radius 2 is 1.96 bits per heavy atom. The Kier molecular flexibility index (Phi) is 5.42. The SMILES string of the molecule is CN(CCC1CCN(c2ccncc2)CC1)c1cnc(C(=O)O)cn1. The maximum absolute atomic E-state index is 10.8. The molecule has 0 radical (unpaired) electrons. The molecule has 0 amide bonds. The van der Waals surface area contributed by atoms with Gasteiger partial charge in [0.25, 0.3) is 0 Å². The summed E-state index contributed by atoms with van der Waals surface area (Å²) in [5, 5.41) is 8.87. The molecule has 2 aromatic rings. The molecule has 0 spiro atoms. The van der Waals surface area contributed by atoms with Crippen LogP contribution in [-0.2, 0) is 0 Å². The van der Waals surface area contributed by atoms with Gasteiger partial charge in [0.1, 0.15) is 5.82 Å². The first-order chi connectivity index (χ1) is 12.1. The minimum atomic E-state index is -1.05. The predicted molar refractivity (Wildman–Crippen MR) is 96.1 cm³/mol. The van der Waals surface area contributed by atoms with Gasteiger partial charge in [0.05, 0.1) is 12.4 Å². The minimum absolute atomic E-state index is 0.0272. The van der Waals surface area contributed by atoms with E-state index in [0.29, 0.717) is 11.7 Å². The molecular weight excluding hydrogens is 318 g/mol. The van der Waals surface area contributed by atoms with E-state index >= 15 is 0 Å². The highest BCUT2D eigenvalue weighted by molar-refractivity contribution is 5.84. The van der Waals surface area contributed by atoms with Crippen LogP contribution >= 0.6 is 0 Å². The van der Waals surface area contributed by atoms with Gasteiger partial charge >= 0.3 is 5.97 Å². The van der Waals surface area contributed by atoms with Crippen molar-refractivity contribution in [1.29, 1.82) is 0 Å². The van der Waals surface area contributed by atoms with Crippen molar-refractivity contribution in [3.8, 4) is 0 Å². The van der Waals surface area contributed by atoms with Crippen molar-refractivity contribution >= 4 is 17.5 Å². The summed E-state index contributed by atoms with van der Waals surface area (Å²) in [7, 11) is 1.97. The first-order valence-corrected chi connectivity index (χ1v) is 8.55. The molecule has 132 valence electrons. The zero-order valence-corrected chi connectivity index (χ0v) is 14.4. The Labute approximate surface area is 147 Å². The third-order valence-electron chi connectivity index (χ3n) is 4.76. The highest BCUT2D eigenvalue weighted by Gasteiger charge is 2.20. The quantitative estimate of drug-likeness (QED) is 0.863. The fourth-order valence-corrected chi connectivity index (χ4v) is 3.15. The molecule has 1 aliphatic heterocycles. The lowest BCUT2D eigenvalue weighted by atomic mass is 9.93. The predicted octanol–water partition coefficient (Wildman–Crippen LogP) is 2.31. The van der Waals surface area contributed by atoms with Gasteiger partial charge in [-0.3, -0.25) is 4.98 Å². The molecule has 2 aromatic heterocycles. The van der Waals surface area contributed by atoms with Crippen LogP contribution in [0.15, 0.2) is 36.9 Å². The second-order valence-corrected chi connectivity index (χ2v) is 6.41. The molecule has 0 saturated carbocycles. The molecule has 0 atom stereocenters. The van der Waals surface area contributed by atoms with Crippen molar-refractivity contribution in [2.45, 2.75) is 19.3 Å². The Morgan fingerprint density at radius 3 is 2.56 bits per heavy atom. The van der Waals surface area contributed by atoms with E-state index in [1.54, 1.807) is 0 Å². The molecule has 0 aromatic carbocycles. The molecule has 3 rings (SSSR count). The van der Waals surface area contributed by atoms with E-state index in [-0.39, 0.29) is 5.69 Å². The molecule has 0 aliphatic carbocycles. The normalized spacial score (nSPS) is 15.2. The van der Waals surface area contributed by atoms with Crippen molar-refractivity contribution < 1.29 is 9.90 Å². The number of carboxylic acids is 1. The monoisotopic (exact) mass is 341 g/mol. The molecule has 7 heteroatoms. The molecule has 0 bridgehead atoms. The van der Waals surface area contributed by atoms with Crippen LogP contribution in [0.1, 0.15) is 29.8 Å². The summed E-state index contributed by atoms with van der Waals surface area (Å²) in [6.45, 7) is 3.04. The van der Waals surface area contributed by atoms with Crippen LogP contribution in [0.2, 0.25) is 0 Å². The van der Waals surface area contributed by atoms with E-state index < -0.39 is 5.97 Å². The van der Waals surface area contributed by atoms with Crippen LogP contribution < -0.4 is 9.80 Å². The number of aromatic nitrogens is 3. The van der Waals surface area contributed by atoms with Crippen LogP contribution in [0, 0.1) is 5.92 Å². The lowest BCUT2D eigenvalue weighted by Gasteiger charge is -2.34. The third kappa shape index (κ3) is 4.43. The molecular formula is C18H23N5O2. The molecule has 7 nitrogen and oxygen atoms in total. The van der Waals surface area contributed by atoms with Gasteiger partial charge in [-0.05, 0) is 37.3 Å². The van der Waals surface area contributed by atoms with E-state index in [1.165, 1.54) is 30.9 Å². The first kappa shape index (κ1) is 17.1. The van der Waals surface area contributed by atoms with Gasteiger partial charge in [-0.25, -0.2) is 14.8 Å². The van der Waals surface area contributed by atoms with Crippen molar-refractivity contribution in [3.63, 3.8) is 0 Å². The molecule has 1 aliphatic rings. The molecule has 1 fully saturated rings. The fraction of sp³-hybridized carbons (Fsp3) is 0.444. The zero-order chi connectivity index (χ0) is 17.6. The largest absolute Gasteiger partial charge is 0.476 e. The number of piperidine rings is 1. The standard InChI is InChI=1S/C18H23N5O2/c1-22(17-13-20-16(12-21-17)18(24)25)9-4-14-5-10-23(11-6-14)15-2-7-19-8-3-15/h2-3,7-8,12-14H,4-6,9-11H2,1H3,(H,24,25). The second kappa shape index (κ2) is 7.92. The lowest BCUT2D eigenvalue weighted by Crippen LogP contribution is -2.35. The first-order valence-electron chi connectivity index (χ1n) is 8.55. The zero-order valence-electron chi connectivity index (χ0n) is 14.4. The van der Waals surface area contributed by atoms with Crippen LogP contribution in [0.4, 0.5) is 11.5 Å². The number of carboxylic acid groups (broad SMARTS) is 1. The molecule has 1 saturated heterocycles. The second-order valence-electron chi connectivity index (χ2n) is 6.41. The van der Waals surface area contributed by atoms with Crippen LogP contribution in [0.5, 0.6) is 0 Å². The summed E-state index contributed by atoms with van der Waals surface area (Å²) in [6.07, 6.45) is 9.97. The van der Waals surface area contributed by atoms with Gasteiger partial charge < -0.3 is 14.9 Å². The molecule has 0 unspecified atom stereocenters. The van der Waals surface area contributed by atoms with Crippen molar-refractivity contribution in [1.82, 2.24) is 15.0 Å². The Bertz CT molecular complexity index is 684. The van der Waals surface area contributed by atoms with Crippen LogP contribution in [0.3, 0.4) is 0 Å². The maximum atomic E-state index is 10.8. The van der Waals surface area contributed by atoms with Crippen molar-refractivity contribution in [3.05, 3.63) is 42.6 Å². The van der Waals surface area contributed by atoms with Crippen molar-refractivity contribution in [2.24, 2.45) is 5.92 Å². The average Bonchev–Trinajstić information content (AvgIpc) is 2.67. The third-order valence-corrected chi connectivity index (χ3v) is 4.76. The number of anilines is 2. The van der Waals surface area contributed by atoms with Gasteiger partial charge in [0, 0.05) is 44.8 Å². The van der Waals surface area contributed by atoms with E-state index in [4.69, 9.17) is 5.11 Å². The number of pyridine rings is 1. The lowest BCUT2D eigenvalue weighted by molar-refractivity contribution is 0.0690. The Balaban J connectivity index is 1.45. The summed E-state index contributed by atoms with van der Waals surface area (Å²) in [5.41, 5.74) is 1.22. The smallest absolute Gasteiger partial charge is 0.356 e. The molecule has 3 heterocycles. The number of rotatable bonds is 6. The minimum Gasteiger partial charge on any atom is -0.476 e. The van der Waals surface area contributed by atoms with E-state index in [9.17, 15) is 4.79 Å². The van der Waals surface area contributed by atoms with E-state index in [1.807, 2.05) is 24.3 Å². The van der Waals surface area contributed by atoms with Gasteiger partial charge in [-0.1, -0.05) is 0 Å². The maximum Gasteiger partial charge on any atom is 0.356 e. The highest BCUT2D eigenvalue weighted by Crippen LogP contribution is 2.25. The Morgan fingerprint density at radius 1 is 1.24 bits per heavy atom. The number of carbonyl (C=O) groups is 1. The number of aromatic carboxylic acids is 1. The molecule has 25 heavy (non-hydrogen) atoms. The summed E-state index contributed by atoms with van der Waals surface area (Å²) in [6, 6.07) is 4.13. The number of hydrogen-bond donors (Lipinski definition) is 1. The number of nitrogens with zero attached hydrogens (tertiary/aromatic N) is 5. The van der Waals surface area contributed by atoms with Gasteiger partial charge in [0.15, 0.2) is 5.69 Å². The Hall–Kier alpha value is -2.70. The van der Waals surface area contributed by atoms with E-state index in [2.05, 4.69) is 32.0 Å². The van der Waals surface area contributed by atoms with Gasteiger partial charge in [-0.2, -0.15) is 0 Å². The molecule has 1 N–H and O–H groups in total. The summed E-state index contributed by atoms with van der Waals surface area (Å²) in [4.78, 5) is 27.4. The number of hydrogen-bond acceptors (Lipinski definition) is 6. The van der Waals surface area contributed by atoms with Crippen LogP contribution in [-0.4, -0.2) is 52.7 Å². The van der Waals surface area contributed by atoms with Gasteiger partial charge in [0.2, 0.25) is 0 Å². The van der Waals surface area contributed by atoms with E-state index in [0.717, 1.165) is 26.1 Å². The van der Waals surface area contributed by atoms with Crippen molar-refractivity contribution in [2.75, 3.05) is 36.5 Å².